The number of nitrogens with zero attached hydrogens (tertiary/aromatic N) is 3. The molecule has 0 amide bonds. The predicted molar refractivity (Wildman–Crippen MR) is 98.7 cm³/mol. The van der Waals surface area contributed by atoms with Crippen LogP contribution >= 0.6 is 0 Å². The third-order valence-electron chi connectivity index (χ3n) is 4.19. The van der Waals surface area contributed by atoms with Crippen LogP contribution in [0.1, 0.15) is 16.8 Å². The Labute approximate surface area is 146 Å². The highest BCUT2D eigenvalue weighted by atomic mass is 16.5. The zero-order chi connectivity index (χ0) is 17.1. The van der Waals surface area contributed by atoms with Crippen molar-refractivity contribution < 1.29 is 4.74 Å². The van der Waals surface area contributed by atoms with E-state index in [-0.39, 0.29) is 0 Å². The van der Waals surface area contributed by atoms with E-state index < -0.39 is 0 Å². The fourth-order valence-corrected chi connectivity index (χ4v) is 2.90. The summed E-state index contributed by atoms with van der Waals surface area (Å²) in [6.07, 6.45) is 6.19. The number of anilines is 1. The van der Waals surface area contributed by atoms with Gasteiger partial charge in [-0.05, 0) is 47.5 Å². The lowest BCUT2D eigenvalue weighted by Gasteiger charge is -2.13. The van der Waals surface area contributed by atoms with Crippen molar-refractivity contribution in [1.82, 2.24) is 9.97 Å². The molecule has 1 N–H and O–H groups in total. The monoisotopic (exact) mass is 330 g/mol. The van der Waals surface area contributed by atoms with E-state index >= 15 is 0 Å². The van der Waals surface area contributed by atoms with Gasteiger partial charge in [0.1, 0.15) is 5.75 Å². The van der Waals surface area contributed by atoms with E-state index in [1.54, 1.807) is 13.3 Å². The third-order valence-corrected chi connectivity index (χ3v) is 4.19. The molecule has 1 aromatic carbocycles. The number of ether oxygens (including phenoxy) is 1. The Hall–Kier alpha value is -3.21. The summed E-state index contributed by atoms with van der Waals surface area (Å²) in [4.78, 5) is 13.3. The van der Waals surface area contributed by atoms with Crippen LogP contribution in [-0.2, 0) is 13.0 Å². The molecule has 3 aromatic rings. The van der Waals surface area contributed by atoms with Crippen molar-refractivity contribution in [1.29, 1.82) is 0 Å². The summed E-state index contributed by atoms with van der Waals surface area (Å²) in [6.45, 7) is 0.682. The maximum atomic E-state index is 5.48. The minimum atomic E-state index is 0.682. The topological polar surface area (TPSA) is 59.4 Å². The Morgan fingerprint density at radius 1 is 1.12 bits per heavy atom. The second kappa shape index (κ2) is 6.73. The van der Waals surface area contributed by atoms with Gasteiger partial charge in [0.15, 0.2) is 0 Å². The summed E-state index contributed by atoms with van der Waals surface area (Å²) >= 11 is 0. The Kier molecular flexibility index (Phi) is 4.12. The third kappa shape index (κ3) is 3.21. The molecule has 4 rings (SSSR count). The van der Waals surface area contributed by atoms with Gasteiger partial charge in [0.05, 0.1) is 29.9 Å². The van der Waals surface area contributed by atoms with Gasteiger partial charge >= 0.3 is 0 Å². The molecule has 0 unspecified atom stereocenters. The van der Waals surface area contributed by atoms with Crippen molar-refractivity contribution in [2.45, 2.75) is 13.0 Å². The van der Waals surface area contributed by atoms with E-state index in [1.807, 2.05) is 48.8 Å². The average Bonchev–Trinajstić information content (AvgIpc) is 3.11. The number of benzene rings is 1. The van der Waals surface area contributed by atoms with Crippen molar-refractivity contribution in [2.24, 2.45) is 4.99 Å². The van der Waals surface area contributed by atoms with Crippen LogP contribution in [0.15, 0.2) is 66.0 Å². The van der Waals surface area contributed by atoms with Crippen molar-refractivity contribution in [3.63, 3.8) is 0 Å². The highest BCUT2D eigenvalue weighted by Gasteiger charge is 2.18. The maximum Gasteiger partial charge on any atom is 0.142 e. The molecule has 0 bridgehead atoms. The molecule has 1 aliphatic heterocycles. The molecule has 0 radical (unpaired) electrons. The van der Waals surface area contributed by atoms with Crippen LogP contribution in [0.25, 0.3) is 0 Å². The lowest BCUT2D eigenvalue weighted by molar-refractivity contribution is 0.416. The minimum Gasteiger partial charge on any atom is -0.495 e. The van der Waals surface area contributed by atoms with E-state index in [0.29, 0.717) is 6.54 Å². The molecule has 0 saturated heterocycles. The van der Waals surface area contributed by atoms with Gasteiger partial charge in [-0.3, -0.25) is 15.0 Å². The maximum absolute atomic E-state index is 5.48. The van der Waals surface area contributed by atoms with Crippen LogP contribution < -0.4 is 10.1 Å². The molecule has 124 valence electrons. The first-order valence-electron chi connectivity index (χ1n) is 8.16. The smallest absolute Gasteiger partial charge is 0.142 e. The number of hydrogen-bond donors (Lipinski definition) is 1. The van der Waals surface area contributed by atoms with Gasteiger partial charge in [0.25, 0.3) is 0 Å². The lowest BCUT2D eigenvalue weighted by atomic mass is 10.1. The van der Waals surface area contributed by atoms with Crippen LogP contribution in [0.2, 0.25) is 0 Å². The molecule has 0 atom stereocenters. The van der Waals surface area contributed by atoms with E-state index in [2.05, 4.69) is 21.4 Å². The Balaban J connectivity index is 1.59. The second-order valence-corrected chi connectivity index (χ2v) is 5.83. The standard InChI is InChI=1S/C20H18N4O/c1-25-20-7-6-15(17-11-18-16(24-17)5-3-9-22-18)10-19(20)23-13-14-4-2-8-21-12-14/h2-10,12,23H,11,13H2,1H3. The molecule has 5 nitrogen and oxygen atoms in total. The van der Waals surface area contributed by atoms with E-state index in [0.717, 1.165) is 46.1 Å². The Morgan fingerprint density at radius 3 is 2.84 bits per heavy atom. The number of aromatic nitrogens is 2. The number of fused-ring (bicyclic) bond motifs is 1. The van der Waals surface area contributed by atoms with Crippen molar-refractivity contribution in [2.75, 3.05) is 12.4 Å². The van der Waals surface area contributed by atoms with E-state index in [9.17, 15) is 0 Å². The van der Waals surface area contributed by atoms with Crippen LogP contribution in [-0.4, -0.2) is 22.8 Å². The van der Waals surface area contributed by atoms with Crippen molar-refractivity contribution >= 4 is 17.1 Å². The molecule has 25 heavy (non-hydrogen) atoms. The normalized spacial score (nSPS) is 12.4. The van der Waals surface area contributed by atoms with Crippen molar-refractivity contribution in [3.8, 4) is 5.75 Å². The fourth-order valence-electron chi connectivity index (χ4n) is 2.90. The fraction of sp³-hybridized carbons (Fsp3) is 0.150. The van der Waals surface area contributed by atoms with Gasteiger partial charge in [-0.15, -0.1) is 0 Å². The summed E-state index contributed by atoms with van der Waals surface area (Å²) in [7, 11) is 1.68. The summed E-state index contributed by atoms with van der Waals surface area (Å²) in [5, 5.41) is 3.43. The lowest BCUT2D eigenvalue weighted by Crippen LogP contribution is -2.05. The number of nitrogens with one attached hydrogen (secondary N) is 1. The van der Waals surface area contributed by atoms with E-state index in [1.165, 1.54) is 0 Å². The summed E-state index contributed by atoms with van der Waals surface area (Å²) in [6, 6.07) is 14.0. The van der Waals surface area contributed by atoms with Crippen LogP contribution in [0.4, 0.5) is 11.4 Å². The van der Waals surface area contributed by atoms with Crippen LogP contribution in [0, 0.1) is 0 Å². The van der Waals surface area contributed by atoms with Gasteiger partial charge in [-0.25, -0.2) is 0 Å². The molecule has 3 heterocycles. The quantitative estimate of drug-likeness (QED) is 0.773. The zero-order valence-corrected chi connectivity index (χ0v) is 13.9. The van der Waals surface area contributed by atoms with Gasteiger partial charge in [-0.1, -0.05) is 6.07 Å². The molecule has 0 fully saturated rings. The molecule has 2 aromatic heterocycles. The zero-order valence-electron chi connectivity index (χ0n) is 13.9. The first kappa shape index (κ1) is 15.3. The van der Waals surface area contributed by atoms with Gasteiger partial charge in [-0.2, -0.15) is 0 Å². The van der Waals surface area contributed by atoms with Crippen LogP contribution in [0.5, 0.6) is 5.75 Å². The minimum absolute atomic E-state index is 0.682. The Morgan fingerprint density at radius 2 is 2.04 bits per heavy atom. The summed E-state index contributed by atoms with van der Waals surface area (Å²) in [5.74, 6) is 0.807. The largest absolute Gasteiger partial charge is 0.495 e. The second-order valence-electron chi connectivity index (χ2n) is 5.83. The molecule has 0 spiro atoms. The van der Waals surface area contributed by atoms with Crippen LogP contribution in [0.3, 0.4) is 0 Å². The number of pyridine rings is 2. The van der Waals surface area contributed by atoms with Crippen molar-refractivity contribution in [3.05, 3.63) is 77.9 Å². The van der Waals surface area contributed by atoms with Gasteiger partial charge < -0.3 is 10.1 Å². The molecular formula is C20H18N4O. The average molecular weight is 330 g/mol. The summed E-state index contributed by atoms with van der Waals surface area (Å²) in [5.41, 5.74) is 6.14. The Bertz CT molecular complexity index is 922. The number of hydrogen-bond acceptors (Lipinski definition) is 5. The molecule has 0 saturated carbocycles. The summed E-state index contributed by atoms with van der Waals surface area (Å²) < 4.78 is 5.48. The highest BCUT2D eigenvalue weighted by Crippen LogP contribution is 2.31. The number of aliphatic imine (C=N–C) groups is 1. The van der Waals surface area contributed by atoms with Gasteiger partial charge in [0, 0.05) is 31.6 Å². The van der Waals surface area contributed by atoms with E-state index in [4.69, 9.17) is 9.73 Å². The number of methoxy groups -OCH3 is 1. The molecule has 1 aliphatic rings. The van der Waals surface area contributed by atoms with Gasteiger partial charge in [0.2, 0.25) is 0 Å². The molecule has 5 heteroatoms. The predicted octanol–water partition coefficient (Wildman–Crippen LogP) is 3.77. The first-order valence-corrected chi connectivity index (χ1v) is 8.16. The molecular weight excluding hydrogens is 312 g/mol. The number of rotatable bonds is 5. The highest BCUT2D eigenvalue weighted by molar-refractivity contribution is 6.06. The first-order chi connectivity index (χ1) is 12.3. The SMILES string of the molecule is COc1ccc(C2=Nc3cccnc3C2)cc1NCc1cccnc1. The molecule has 0 aliphatic carbocycles.